The minimum absolute atomic E-state index is 0.132. The van der Waals surface area contributed by atoms with Gasteiger partial charge in [0, 0.05) is 32.3 Å². The van der Waals surface area contributed by atoms with Crippen LogP contribution in [0.1, 0.15) is 24.2 Å². The molecule has 2 unspecified atom stereocenters. The van der Waals surface area contributed by atoms with Crippen LogP contribution in [-0.4, -0.2) is 81.8 Å². The van der Waals surface area contributed by atoms with Gasteiger partial charge in [-0.25, -0.2) is 4.79 Å². The van der Waals surface area contributed by atoms with E-state index in [0.717, 1.165) is 4.90 Å². The Morgan fingerprint density at radius 1 is 1.31 bits per heavy atom. The summed E-state index contributed by atoms with van der Waals surface area (Å²) in [6.45, 7) is 0.994. The lowest BCUT2D eigenvalue weighted by molar-refractivity contribution is -0.151. The molecule has 2 amide bonds. The number of carboxylic acid groups (broad SMARTS) is 1. The Labute approximate surface area is 204 Å². The van der Waals surface area contributed by atoms with Gasteiger partial charge in [0.05, 0.1) is 0 Å². The van der Waals surface area contributed by atoms with E-state index in [1.165, 1.54) is 18.7 Å². The van der Waals surface area contributed by atoms with Gasteiger partial charge in [0.2, 0.25) is 5.91 Å². The molecule has 2 N–H and O–H groups in total. The van der Waals surface area contributed by atoms with E-state index in [-0.39, 0.29) is 29.9 Å². The zero-order valence-corrected chi connectivity index (χ0v) is 19.9. The van der Waals surface area contributed by atoms with Crippen molar-refractivity contribution in [1.29, 1.82) is 0 Å². The van der Waals surface area contributed by atoms with E-state index in [9.17, 15) is 24.3 Å². The van der Waals surface area contributed by atoms with Crippen LogP contribution in [0.5, 0.6) is 0 Å². The SMILES string of the molecule is CC(=O)OCC1=C(C(=O)O)N2C(=O)[C@@H](NC(=O)C(c3ccccc3)c3noc(N(C)C)n3)C2SC1. The molecule has 35 heavy (non-hydrogen) atoms. The van der Waals surface area contributed by atoms with Crippen LogP contribution >= 0.6 is 11.8 Å². The van der Waals surface area contributed by atoms with Crippen molar-refractivity contribution in [3.05, 3.63) is 53.0 Å². The van der Waals surface area contributed by atoms with E-state index in [4.69, 9.17) is 9.26 Å². The number of hydrogen-bond donors (Lipinski definition) is 2. The Hall–Kier alpha value is -3.87. The largest absolute Gasteiger partial charge is 0.477 e. The number of benzene rings is 1. The fourth-order valence-electron chi connectivity index (χ4n) is 3.81. The lowest BCUT2D eigenvalue weighted by Gasteiger charge is -2.49. The number of hydrogen-bond acceptors (Lipinski definition) is 10. The number of aromatic nitrogens is 2. The van der Waals surface area contributed by atoms with E-state index in [1.54, 1.807) is 49.3 Å². The van der Waals surface area contributed by atoms with Gasteiger partial charge in [0.1, 0.15) is 29.6 Å². The third kappa shape index (κ3) is 4.71. The van der Waals surface area contributed by atoms with Crippen molar-refractivity contribution in [3.63, 3.8) is 0 Å². The fourth-order valence-corrected chi connectivity index (χ4v) is 5.14. The molecule has 1 aromatic heterocycles. The molecular formula is C22H23N5O7S. The standard InChI is InChI=1S/C22H23N5O7S/c1-11(28)33-9-13-10-35-20-15(19(30)27(20)16(13)21(31)32)23-18(29)14(12-7-5-4-6-8-12)17-24-22(26(2)3)34-25-17/h4-8,14-15,20H,9-10H2,1-3H3,(H,23,29)(H,31,32)/t14?,15-,20?/m1/s1. The Bertz CT molecular complexity index is 1200. The van der Waals surface area contributed by atoms with Gasteiger partial charge in [-0.05, 0) is 5.56 Å². The number of esters is 1. The van der Waals surface area contributed by atoms with Gasteiger partial charge < -0.3 is 24.6 Å². The summed E-state index contributed by atoms with van der Waals surface area (Å²) in [6, 6.07) is 8.11. The van der Waals surface area contributed by atoms with E-state index in [2.05, 4.69) is 15.5 Å². The number of nitrogens with one attached hydrogen (secondary N) is 1. The molecule has 0 spiro atoms. The van der Waals surface area contributed by atoms with Crippen LogP contribution in [0.15, 0.2) is 46.1 Å². The highest BCUT2D eigenvalue weighted by atomic mass is 32.2. The Balaban J connectivity index is 1.56. The lowest BCUT2D eigenvalue weighted by atomic mass is 9.95. The number of amides is 2. The number of thioether (sulfide) groups is 1. The number of carbonyl (C=O) groups is 4. The molecule has 0 radical (unpaired) electrons. The summed E-state index contributed by atoms with van der Waals surface area (Å²) in [6.07, 6.45) is 0. The first kappa shape index (κ1) is 24.3. The van der Waals surface area contributed by atoms with Crippen LogP contribution in [0.25, 0.3) is 0 Å². The van der Waals surface area contributed by atoms with E-state index >= 15 is 0 Å². The molecule has 0 bridgehead atoms. The Kier molecular flexibility index (Phi) is 6.78. The predicted octanol–water partition coefficient (Wildman–Crippen LogP) is 0.569. The van der Waals surface area contributed by atoms with Gasteiger partial charge >= 0.3 is 18.0 Å². The summed E-state index contributed by atoms with van der Waals surface area (Å²) in [7, 11) is 3.44. The number of aliphatic carboxylic acids is 1. The van der Waals surface area contributed by atoms with Crippen LogP contribution in [0, 0.1) is 0 Å². The van der Waals surface area contributed by atoms with Gasteiger partial charge in [0.15, 0.2) is 5.82 Å². The zero-order chi connectivity index (χ0) is 25.3. The topological polar surface area (TPSA) is 155 Å². The van der Waals surface area contributed by atoms with Crippen LogP contribution < -0.4 is 10.2 Å². The maximum Gasteiger partial charge on any atom is 0.352 e. The molecule has 1 fully saturated rings. The van der Waals surface area contributed by atoms with Crippen molar-refractivity contribution < 1.29 is 33.5 Å². The molecule has 184 valence electrons. The third-order valence-corrected chi connectivity index (χ3v) is 6.80. The highest BCUT2D eigenvalue weighted by Crippen LogP contribution is 2.40. The molecule has 12 nitrogen and oxygen atoms in total. The molecule has 2 aromatic rings. The summed E-state index contributed by atoms with van der Waals surface area (Å²) < 4.78 is 10.2. The van der Waals surface area contributed by atoms with Gasteiger partial charge in [-0.15, -0.1) is 11.8 Å². The molecule has 4 rings (SSSR count). The first-order chi connectivity index (χ1) is 16.7. The summed E-state index contributed by atoms with van der Waals surface area (Å²) in [5.74, 6) is -3.53. The van der Waals surface area contributed by atoms with Crippen molar-refractivity contribution in [2.45, 2.75) is 24.3 Å². The predicted molar refractivity (Wildman–Crippen MR) is 123 cm³/mol. The first-order valence-electron chi connectivity index (χ1n) is 10.6. The first-order valence-corrected chi connectivity index (χ1v) is 11.6. The second-order valence-electron chi connectivity index (χ2n) is 8.11. The van der Waals surface area contributed by atoms with Gasteiger partial charge in [-0.2, -0.15) is 4.98 Å². The molecule has 2 aliphatic rings. The van der Waals surface area contributed by atoms with Crippen molar-refractivity contribution in [3.8, 4) is 0 Å². The number of fused-ring (bicyclic) bond motifs is 1. The highest BCUT2D eigenvalue weighted by molar-refractivity contribution is 8.00. The molecule has 0 saturated carbocycles. The molecule has 2 aliphatic heterocycles. The number of carboxylic acids is 1. The Morgan fingerprint density at radius 2 is 2.03 bits per heavy atom. The van der Waals surface area contributed by atoms with Gasteiger partial charge in [-0.1, -0.05) is 35.5 Å². The maximum absolute atomic E-state index is 13.4. The number of carbonyl (C=O) groups excluding carboxylic acids is 3. The van der Waals surface area contributed by atoms with Crippen LogP contribution in [0.4, 0.5) is 6.01 Å². The van der Waals surface area contributed by atoms with Crippen molar-refractivity contribution >= 4 is 41.5 Å². The molecular weight excluding hydrogens is 478 g/mol. The minimum Gasteiger partial charge on any atom is -0.477 e. The number of nitrogens with zero attached hydrogens (tertiary/aromatic N) is 4. The fraction of sp³-hybridized carbons (Fsp3) is 0.364. The number of β-lactam (4-membered cyclic amide) rings is 1. The molecule has 1 saturated heterocycles. The smallest absolute Gasteiger partial charge is 0.352 e. The summed E-state index contributed by atoms with van der Waals surface area (Å²) in [5.41, 5.74) is 0.696. The number of ether oxygens (including phenoxy) is 1. The number of anilines is 1. The van der Waals surface area contributed by atoms with Crippen molar-refractivity contribution in [2.75, 3.05) is 31.4 Å². The monoisotopic (exact) mass is 501 g/mol. The maximum atomic E-state index is 13.4. The van der Waals surface area contributed by atoms with Gasteiger partial charge in [0.25, 0.3) is 5.91 Å². The van der Waals surface area contributed by atoms with E-state index in [0.29, 0.717) is 11.1 Å². The van der Waals surface area contributed by atoms with E-state index in [1.807, 2.05) is 0 Å². The molecule has 3 atom stereocenters. The summed E-state index contributed by atoms with van der Waals surface area (Å²) in [5, 5.41) is 15.8. The second-order valence-corrected chi connectivity index (χ2v) is 9.21. The van der Waals surface area contributed by atoms with Crippen molar-refractivity contribution in [2.24, 2.45) is 0 Å². The molecule has 0 aliphatic carbocycles. The quantitative estimate of drug-likeness (QED) is 0.385. The van der Waals surface area contributed by atoms with E-state index < -0.39 is 41.1 Å². The molecule has 13 heteroatoms. The minimum atomic E-state index is -1.30. The van der Waals surface area contributed by atoms with Gasteiger partial charge in [-0.3, -0.25) is 19.3 Å². The van der Waals surface area contributed by atoms with Crippen molar-refractivity contribution in [1.82, 2.24) is 20.4 Å². The normalized spacial score (nSPS) is 20.0. The zero-order valence-electron chi connectivity index (χ0n) is 19.1. The molecule has 1 aromatic carbocycles. The van der Waals surface area contributed by atoms with Crippen LogP contribution in [0.3, 0.4) is 0 Å². The lowest BCUT2D eigenvalue weighted by Crippen LogP contribution is -2.71. The Morgan fingerprint density at radius 3 is 2.63 bits per heavy atom. The summed E-state index contributed by atoms with van der Waals surface area (Å²) >= 11 is 1.28. The third-order valence-electron chi connectivity index (χ3n) is 5.46. The molecule has 3 heterocycles. The second kappa shape index (κ2) is 9.78. The number of rotatable bonds is 8. The highest BCUT2D eigenvalue weighted by Gasteiger charge is 2.54. The van der Waals surface area contributed by atoms with Crippen LogP contribution in [0.2, 0.25) is 0 Å². The summed E-state index contributed by atoms with van der Waals surface area (Å²) in [4.78, 5) is 56.4. The average Bonchev–Trinajstić information content (AvgIpc) is 3.31. The van der Waals surface area contributed by atoms with Crippen LogP contribution in [-0.2, 0) is 23.9 Å². The average molecular weight is 502 g/mol.